The minimum atomic E-state index is -0.397. The Morgan fingerprint density at radius 2 is 2.00 bits per heavy atom. The first-order valence-corrected chi connectivity index (χ1v) is 6.20. The molecule has 0 aliphatic rings. The maximum atomic E-state index is 10.4. The number of nitrogens with one attached hydrogen (secondary N) is 1. The molecule has 0 aliphatic carbocycles. The molecule has 15 heavy (non-hydrogen) atoms. The molecule has 0 heterocycles. The topological polar surface area (TPSA) is 55.2 Å². The molecule has 1 rings (SSSR count). The monoisotopic (exact) mass is 266 g/mol. The van der Waals surface area contributed by atoms with Crippen LogP contribution in [0.4, 0.5) is 5.69 Å². The maximum absolute atomic E-state index is 10.4. The first-order valence-electron chi connectivity index (χ1n) is 4.05. The van der Waals surface area contributed by atoms with Crippen LogP contribution in [0.25, 0.3) is 0 Å². The van der Waals surface area contributed by atoms with Gasteiger partial charge in [-0.1, -0.05) is 6.92 Å². The first-order chi connectivity index (χ1) is 6.74. The SMILES string of the molecule is CCNSSc1ccc([N+](=O)[O-])cc1.Cl. The molecule has 0 bridgehead atoms. The quantitative estimate of drug-likeness (QED) is 0.291. The van der Waals surface area contributed by atoms with E-state index in [9.17, 15) is 10.1 Å². The van der Waals surface area contributed by atoms with Crippen LogP contribution in [0.3, 0.4) is 0 Å². The Morgan fingerprint density at radius 1 is 1.40 bits per heavy atom. The lowest BCUT2D eigenvalue weighted by atomic mass is 10.3. The van der Waals surface area contributed by atoms with E-state index in [2.05, 4.69) is 4.72 Å². The molecule has 0 unspecified atom stereocenters. The highest BCUT2D eigenvalue weighted by Gasteiger charge is 2.03. The van der Waals surface area contributed by atoms with Gasteiger partial charge in [0.1, 0.15) is 0 Å². The van der Waals surface area contributed by atoms with Crippen molar-refractivity contribution < 1.29 is 4.92 Å². The van der Waals surface area contributed by atoms with Gasteiger partial charge in [0.05, 0.1) is 4.92 Å². The number of non-ortho nitro benzene ring substituents is 1. The van der Waals surface area contributed by atoms with E-state index in [1.54, 1.807) is 22.9 Å². The van der Waals surface area contributed by atoms with E-state index < -0.39 is 4.92 Å². The number of halogens is 1. The van der Waals surface area contributed by atoms with Crippen molar-refractivity contribution in [1.82, 2.24) is 4.72 Å². The number of benzene rings is 1. The summed E-state index contributed by atoms with van der Waals surface area (Å²) in [5, 5.41) is 10.4. The zero-order valence-electron chi connectivity index (χ0n) is 8.00. The van der Waals surface area contributed by atoms with Crippen LogP contribution in [0.2, 0.25) is 0 Å². The second-order valence-electron chi connectivity index (χ2n) is 2.42. The van der Waals surface area contributed by atoms with Crippen LogP contribution in [0.5, 0.6) is 0 Å². The predicted molar refractivity (Wildman–Crippen MR) is 67.5 cm³/mol. The zero-order valence-corrected chi connectivity index (χ0v) is 10.5. The summed E-state index contributed by atoms with van der Waals surface area (Å²) < 4.78 is 3.08. The van der Waals surface area contributed by atoms with Gasteiger partial charge in [-0.05, 0) is 33.9 Å². The van der Waals surface area contributed by atoms with E-state index in [1.807, 2.05) is 6.92 Å². The van der Waals surface area contributed by atoms with Gasteiger partial charge in [-0.3, -0.25) is 14.8 Å². The molecule has 1 aromatic carbocycles. The van der Waals surface area contributed by atoms with Crippen molar-refractivity contribution in [3.8, 4) is 0 Å². The van der Waals surface area contributed by atoms with Crippen LogP contribution in [0.15, 0.2) is 29.2 Å². The highest BCUT2D eigenvalue weighted by atomic mass is 35.5. The Morgan fingerprint density at radius 3 is 2.47 bits per heavy atom. The van der Waals surface area contributed by atoms with Gasteiger partial charge in [-0.15, -0.1) is 12.4 Å². The minimum Gasteiger partial charge on any atom is -0.258 e. The molecule has 1 N–H and O–H groups in total. The van der Waals surface area contributed by atoms with Gasteiger partial charge in [0.15, 0.2) is 0 Å². The smallest absolute Gasteiger partial charge is 0.258 e. The van der Waals surface area contributed by atoms with Crippen molar-refractivity contribution in [2.24, 2.45) is 0 Å². The molecule has 1 aromatic rings. The van der Waals surface area contributed by atoms with E-state index in [0.717, 1.165) is 11.4 Å². The molecule has 0 saturated carbocycles. The van der Waals surface area contributed by atoms with Gasteiger partial charge < -0.3 is 0 Å². The van der Waals surface area contributed by atoms with Crippen LogP contribution >= 0.6 is 34.2 Å². The summed E-state index contributed by atoms with van der Waals surface area (Å²) in [6.45, 7) is 2.91. The lowest BCUT2D eigenvalue weighted by Crippen LogP contribution is -1.97. The lowest BCUT2D eigenvalue weighted by molar-refractivity contribution is -0.384. The summed E-state index contributed by atoms with van der Waals surface area (Å²) in [5.74, 6) is 0. The molecular formula is C8H11ClN2O2S2. The van der Waals surface area contributed by atoms with Crippen LogP contribution < -0.4 is 4.72 Å². The van der Waals surface area contributed by atoms with Crippen LogP contribution in [0, 0.1) is 10.1 Å². The normalized spacial score (nSPS) is 9.40. The Labute approximate surface area is 102 Å². The number of hydrogen-bond donors (Lipinski definition) is 1. The molecule has 7 heteroatoms. The van der Waals surface area contributed by atoms with E-state index in [1.165, 1.54) is 23.1 Å². The number of hydrogen-bond acceptors (Lipinski definition) is 5. The molecule has 0 amide bonds. The Bertz CT molecular complexity index is 308. The second kappa shape index (κ2) is 7.81. The summed E-state index contributed by atoms with van der Waals surface area (Å²) in [6, 6.07) is 6.50. The fraction of sp³-hybridized carbons (Fsp3) is 0.250. The molecule has 0 aromatic heterocycles. The third-order valence-electron chi connectivity index (χ3n) is 1.39. The number of nitrogens with zero attached hydrogens (tertiary/aromatic N) is 1. The average molecular weight is 267 g/mol. The van der Waals surface area contributed by atoms with Gasteiger partial charge in [0.25, 0.3) is 5.69 Å². The van der Waals surface area contributed by atoms with Crippen LogP contribution in [-0.4, -0.2) is 11.5 Å². The summed E-state index contributed by atoms with van der Waals surface area (Å²) in [7, 11) is 3.07. The van der Waals surface area contributed by atoms with E-state index in [4.69, 9.17) is 0 Å². The molecule has 0 radical (unpaired) electrons. The Hall–Kier alpha value is -0.430. The molecule has 0 saturated heterocycles. The molecule has 0 fully saturated rings. The van der Waals surface area contributed by atoms with Gasteiger partial charge in [-0.2, -0.15) is 0 Å². The predicted octanol–water partition coefficient (Wildman–Crippen LogP) is 3.28. The van der Waals surface area contributed by atoms with Crippen molar-refractivity contribution >= 4 is 39.9 Å². The molecule has 0 aliphatic heterocycles. The summed E-state index contributed by atoms with van der Waals surface area (Å²) in [4.78, 5) is 11.0. The zero-order chi connectivity index (χ0) is 10.4. The van der Waals surface area contributed by atoms with E-state index >= 15 is 0 Å². The molecule has 0 spiro atoms. The first kappa shape index (κ1) is 14.6. The van der Waals surface area contributed by atoms with Gasteiger partial charge in [-0.25, -0.2) is 0 Å². The van der Waals surface area contributed by atoms with E-state index in [0.29, 0.717) is 0 Å². The third kappa shape index (κ3) is 5.27. The van der Waals surface area contributed by atoms with Crippen molar-refractivity contribution in [1.29, 1.82) is 0 Å². The number of rotatable bonds is 5. The maximum Gasteiger partial charge on any atom is 0.269 e. The van der Waals surface area contributed by atoms with Crippen molar-refractivity contribution in [2.45, 2.75) is 11.8 Å². The molecule has 84 valence electrons. The minimum absolute atomic E-state index is 0. The summed E-state index contributed by atoms with van der Waals surface area (Å²) in [5.41, 5.74) is 0.128. The summed E-state index contributed by atoms with van der Waals surface area (Å²) >= 11 is 0. The molecular weight excluding hydrogens is 256 g/mol. The largest absolute Gasteiger partial charge is 0.269 e. The number of nitro benzene ring substituents is 1. The molecule has 0 atom stereocenters. The lowest BCUT2D eigenvalue weighted by Gasteiger charge is -1.99. The highest BCUT2D eigenvalue weighted by Crippen LogP contribution is 2.29. The molecule has 4 nitrogen and oxygen atoms in total. The van der Waals surface area contributed by atoms with Crippen LogP contribution in [-0.2, 0) is 0 Å². The fourth-order valence-electron chi connectivity index (χ4n) is 0.760. The third-order valence-corrected chi connectivity index (χ3v) is 3.52. The van der Waals surface area contributed by atoms with Gasteiger partial charge in [0.2, 0.25) is 0 Å². The van der Waals surface area contributed by atoms with Gasteiger partial charge in [0, 0.05) is 23.6 Å². The van der Waals surface area contributed by atoms with Crippen LogP contribution in [0.1, 0.15) is 6.92 Å². The van der Waals surface area contributed by atoms with Gasteiger partial charge >= 0.3 is 0 Å². The van der Waals surface area contributed by atoms with Crippen molar-refractivity contribution in [3.05, 3.63) is 34.4 Å². The Kier molecular flexibility index (Phi) is 7.59. The second-order valence-corrected chi connectivity index (χ2v) is 4.51. The number of nitro groups is 1. The fourth-order valence-corrected chi connectivity index (χ4v) is 2.43. The Balaban J connectivity index is 0.00000196. The van der Waals surface area contributed by atoms with E-state index in [-0.39, 0.29) is 18.1 Å². The highest BCUT2D eigenvalue weighted by molar-refractivity contribution is 8.76. The van der Waals surface area contributed by atoms with Crippen molar-refractivity contribution in [3.63, 3.8) is 0 Å². The summed E-state index contributed by atoms with van der Waals surface area (Å²) in [6.07, 6.45) is 0. The standard InChI is InChI=1S/C8H10N2O2S2.ClH/c1-2-9-14-13-8-5-3-7(4-6-8)10(11)12;/h3-6,9H,2H2,1H3;1H. The average Bonchev–Trinajstić information content (AvgIpc) is 2.19. The van der Waals surface area contributed by atoms with Crippen molar-refractivity contribution in [2.75, 3.05) is 6.54 Å².